The summed E-state index contributed by atoms with van der Waals surface area (Å²) in [6.07, 6.45) is 2.72. The van der Waals surface area contributed by atoms with Gasteiger partial charge in [0.15, 0.2) is 0 Å². The SMILES string of the molecule is CC(C)CC(CN)c1ncc(-c2ccc(F)c(Cl)c2)[nH]1. The van der Waals surface area contributed by atoms with Crippen molar-refractivity contribution in [2.24, 2.45) is 11.7 Å². The minimum atomic E-state index is -0.421. The second-order valence-electron chi connectivity index (χ2n) is 5.37. The maximum atomic E-state index is 13.2. The second-order valence-corrected chi connectivity index (χ2v) is 5.78. The summed E-state index contributed by atoms with van der Waals surface area (Å²) in [7, 11) is 0. The molecular formula is C15H19ClFN3. The number of nitrogens with two attached hydrogens (primary N) is 1. The molecule has 1 heterocycles. The molecule has 0 spiro atoms. The molecule has 0 aliphatic carbocycles. The molecule has 0 bridgehead atoms. The van der Waals surface area contributed by atoms with Gasteiger partial charge >= 0.3 is 0 Å². The molecule has 2 rings (SSSR count). The number of rotatable bonds is 5. The number of hydrogen-bond donors (Lipinski definition) is 2. The van der Waals surface area contributed by atoms with E-state index in [-0.39, 0.29) is 10.9 Å². The van der Waals surface area contributed by atoms with E-state index in [0.29, 0.717) is 12.5 Å². The summed E-state index contributed by atoms with van der Waals surface area (Å²) in [4.78, 5) is 7.66. The van der Waals surface area contributed by atoms with Gasteiger partial charge in [0.05, 0.1) is 16.9 Å². The Bertz CT molecular complexity index is 580. The molecule has 3 nitrogen and oxygen atoms in total. The van der Waals surface area contributed by atoms with E-state index in [1.807, 2.05) is 0 Å². The van der Waals surface area contributed by atoms with Gasteiger partial charge < -0.3 is 10.7 Å². The molecule has 2 aromatic rings. The van der Waals surface area contributed by atoms with Crippen LogP contribution in [-0.4, -0.2) is 16.5 Å². The van der Waals surface area contributed by atoms with Crippen LogP contribution in [0.15, 0.2) is 24.4 Å². The number of hydrogen-bond acceptors (Lipinski definition) is 2. The summed E-state index contributed by atoms with van der Waals surface area (Å²) in [5, 5.41) is 0.108. The Hall–Kier alpha value is -1.39. The Morgan fingerprint density at radius 3 is 2.75 bits per heavy atom. The highest BCUT2D eigenvalue weighted by atomic mass is 35.5. The number of halogens is 2. The van der Waals surface area contributed by atoms with Crippen molar-refractivity contribution in [3.05, 3.63) is 41.1 Å². The number of benzene rings is 1. The first kappa shape index (κ1) is 15.0. The lowest BCUT2D eigenvalue weighted by molar-refractivity contribution is 0.490. The van der Waals surface area contributed by atoms with Gasteiger partial charge in [0, 0.05) is 18.0 Å². The summed E-state index contributed by atoms with van der Waals surface area (Å²) in [6.45, 7) is 4.87. The van der Waals surface area contributed by atoms with Crippen LogP contribution in [0.3, 0.4) is 0 Å². The van der Waals surface area contributed by atoms with E-state index in [2.05, 4.69) is 23.8 Å². The Labute approximate surface area is 123 Å². The third-order valence-electron chi connectivity index (χ3n) is 3.25. The fourth-order valence-electron chi connectivity index (χ4n) is 2.24. The number of nitrogens with zero attached hydrogens (tertiary/aromatic N) is 1. The van der Waals surface area contributed by atoms with Gasteiger partial charge in [0.1, 0.15) is 11.6 Å². The predicted octanol–water partition coefficient (Wildman–Crippen LogP) is 3.96. The predicted molar refractivity (Wildman–Crippen MR) is 80.2 cm³/mol. The fourth-order valence-corrected chi connectivity index (χ4v) is 2.42. The zero-order valence-corrected chi connectivity index (χ0v) is 12.4. The lowest BCUT2D eigenvalue weighted by Gasteiger charge is -2.14. The normalized spacial score (nSPS) is 12.9. The summed E-state index contributed by atoms with van der Waals surface area (Å²) in [5.41, 5.74) is 7.45. The first-order valence-electron chi connectivity index (χ1n) is 6.71. The summed E-state index contributed by atoms with van der Waals surface area (Å²) >= 11 is 5.80. The van der Waals surface area contributed by atoms with Gasteiger partial charge in [0.25, 0.3) is 0 Å². The van der Waals surface area contributed by atoms with Crippen LogP contribution >= 0.6 is 11.6 Å². The lowest BCUT2D eigenvalue weighted by atomic mass is 9.97. The van der Waals surface area contributed by atoms with Crippen LogP contribution in [0.2, 0.25) is 5.02 Å². The van der Waals surface area contributed by atoms with Crippen molar-refractivity contribution in [2.45, 2.75) is 26.2 Å². The quantitative estimate of drug-likeness (QED) is 0.877. The number of aromatic nitrogens is 2. The monoisotopic (exact) mass is 295 g/mol. The molecule has 0 saturated heterocycles. The molecule has 1 aromatic heterocycles. The summed E-state index contributed by atoms with van der Waals surface area (Å²) in [5.74, 6) is 1.21. The highest BCUT2D eigenvalue weighted by molar-refractivity contribution is 6.31. The van der Waals surface area contributed by atoms with Gasteiger partial charge in [0.2, 0.25) is 0 Å². The minimum Gasteiger partial charge on any atom is -0.342 e. The molecule has 0 radical (unpaired) electrons. The molecule has 0 aliphatic rings. The van der Waals surface area contributed by atoms with Gasteiger partial charge in [-0.25, -0.2) is 9.37 Å². The Balaban J connectivity index is 2.25. The molecule has 0 fully saturated rings. The summed E-state index contributed by atoms with van der Waals surface area (Å²) < 4.78 is 13.2. The van der Waals surface area contributed by atoms with Crippen molar-refractivity contribution in [3.8, 4) is 11.3 Å². The van der Waals surface area contributed by atoms with E-state index < -0.39 is 5.82 Å². The molecule has 3 N–H and O–H groups in total. The number of nitrogens with one attached hydrogen (secondary N) is 1. The minimum absolute atomic E-state index is 0.108. The van der Waals surface area contributed by atoms with Gasteiger partial charge in [-0.3, -0.25) is 0 Å². The molecule has 20 heavy (non-hydrogen) atoms. The van der Waals surface area contributed by atoms with Crippen molar-refractivity contribution in [2.75, 3.05) is 6.54 Å². The van der Waals surface area contributed by atoms with E-state index in [0.717, 1.165) is 23.5 Å². The zero-order valence-electron chi connectivity index (χ0n) is 11.7. The average Bonchev–Trinajstić information content (AvgIpc) is 2.88. The first-order chi connectivity index (χ1) is 9.51. The second kappa shape index (κ2) is 6.37. The van der Waals surface area contributed by atoms with E-state index in [1.54, 1.807) is 18.3 Å². The summed E-state index contributed by atoms with van der Waals surface area (Å²) in [6, 6.07) is 4.62. The first-order valence-corrected chi connectivity index (χ1v) is 7.09. The van der Waals surface area contributed by atoms with Crippen molar-refractivity contribution < 1.29 is 4.39 Å². The smallest absolute Gasteiger partial charge is 0.141 e. The van der Waals surface area contributed by atoms with Gasteiger partial charge in [-0.05, 0) is 30.5 Å². The number of imidazole rings is 1. The van der Waals surface area contributed by atoms with Crippen LogP contribution in [-0.2, 0) is 0 Å². The van der Waals surface area contributed by atoms with E-state index in [4.69, 9.17) is 17.3 Å². The third kappa shape index (κ3) is 3.38. The molecular weight excluding hydrogens is 277 g/mol. The Morgan fingerprint density at radius 2 is 2.15 bits per heavy atom. The van der Waals surface area contributed by atoms with Crippen LogP contribution in [0, 0.1) is 11.7 Å². The largest absolute Gasteiger partial charge is 0.342 e. The number of aromatic amines is 1. The van der Waals surface area contributed by atoms with Gasteiger partial charge in [-0.1, -0.05) is 25.4 Å². The molecule has 0 aliphatic heterocycles. The van der Waals surface area contributed by atoms with Crippen LogP contribution in [0.25, 0.3) is 11.3 Å². The van der Waals surface area contributed by atoms with Gasteiger partial charge in [-0.2, -0.15) is 0 Å². The molecule has 5 heteroatoms. The molecule has 1 aromatic carbocycles. The molecule has 108 valence electrons. The molecule has 0 saturated carbocycles. The standard InChI is InChI=1S/C15H19ClFN3/c1-9(2)5-11(7-18)15-19-8-14(20-15)10-3-4-13(17)12(16)6-10/h3-4,6,8-9,11H,5,7,18H2,1-2H3,(H,19,20). The van der Waals surface area contributed by atoms with Crippen molar-refractivity contribution in [1.29, 1.82) is 0 Å². The van der Waals surface area contributed by atoms with Crippen LogP contribution in [0.4, 0.5) is 4.39 Å². The van der Waals surface area contributed by atoms with E-state index in [9.17, 15) is 4.39 Å². The van der Waals surface area contributed by atoms with Crippen LogP contribution in [0.5, 0.6) is 0 Å². The van der Waals surface area contributed by atoms with Crippen molar-refractivity contribution in [3.63, 3.8) is 0 Å². The molecule has 1 atom stereocenters. The van der Waals surface area contributed by atoms with Crippen LogP contribution in [0.1, 0.15) is 32.0 Å². The Kier molecular flexibility index (Phi) is 4.78. The third-order valence-corrected chi connectivity index (χ3v) is 3.54. The zero-order chi connectivity index (χ0) is 14.7. The highest BCUT2D eigenvalue weighted by Gasteiger charge is 2.16. The number of H-pyrrole nitrogens is 1. The average molecular weight is 296 g/mol. The van der Waals surface area contributed by atoms with E-state index in [1.165, 1.54) is 6.07 Å². The topological polar surface area (TPSA) is 54.7 Å². The van der Waals surface area contributed by atoms with Gasteiger partial charge in [-0.15, -0.1) is 0 Å². The van der Waals surface area contributed by atoms with Crippen molar-refractivity contribution >= 4 is 11.6 Å². The Morgan fingerprint density at radius 1 is 1.40 bits per heavy atom. The highest BCUT2D eigenvalue weighted by Crippen LogP contribution is 2.26. The molecule has 1 unspecified atom stereocenters. The van der Waals surface area contributed by atoms with Crippen LogP contribution < -0.4 is 5.73 Å². The maximum Gasteiger partial charge on any atom is 0.141 e. The molecule has 0 amide bonds. The lowest BCUT2D eigenvalue weighted by Crippen LogP contribution is -2.15. The van der Waals surface area contributed by atoms with E-state index >= 15 is 0 Å². The van der Waals surface area contributed by atoms with Crippen molar-refractivity contribution in [1.82, 2.24) is 9.97 Å². The fraction of sp³-hybridized carbons (Fsp3) is 0.400. The maximum absolute atomic E-state index is 13.2.